The molecule has 3 aromatic rings. The molecule has 0 radical (unpaired) electrons. The summed E-state index contributed by atoms with van der Waals surface area (Å²) in [5, 5.41) is 4.92. The lowest BCUT2D eigenvalue weighted by Crippen LogP contribution is -1.87. The summed E-state index contributed by atoms with van der Waals surface area (Å²) in [6, 6.07) is 6.10. The molecule has 4 heteroatoms. The van der Waals surface area contributed by atoms with Crippen LogP contribution in [0.2, 0.25) is 0 Å². The number of fused-ring (bicyclic) bond motifs is 1. The molecule has 0 aliphatic rings. The monoisotopic (exact) mass is 241 g/mol. The first-order valence-electron chi connectivity index (χ1n) is 5.85. The normalized spacial score (nSPS) is 11.3. The minimum Gasteiger partial charge on any atom is -0.381 e. The van der Waals surface area contributed by atoms with Crippen molar-refractivity contribution in [2.24, 2.45) is 7.05 Å². The van der Waals surface area contributed by atoms with Crippen LogP contribution >= 0.6 is 0 Å². The van der Waals surface area contributed by atoms with Crippen molar-refractivity contribution in [3.8, 4) is 11.3 Å². The molecule has 0 saturated heterocycles. The van der Waals surface area contributed by atoms with E-state index in [0.717, 1.165) is 5.56 Å². The van der Waals surface area contributed by atoms with Crippen LogP contribution in [0.4, 0.5) is 5.82 Å². The Morgan fingerprint density at radius 1 is 1.22 bits per heavy atom. The lowest BCUT2D eigenvalue weighted by Gasteiger charge is -2.02. The van der Waals surface area contributed by atoms with E-state index in [0.29, 0.717) is 11.6 Å². The van der Waals surface area contributed by atoms with Gasteiger partial charge in [-0.15, -0.1) is 0 Å². The van der Waals surface area contributed by atoms with Gasteiger partial charge in [-0.25, -0.2) is 0 Å². The summed E-state index contributed by atoms with van der Waals surface area (Å²) in [4.78, 5) is 0. The van der Waals surface area contributed by atoms with Gasteiger partial charge in [0.25, 0.3) is 0 Å². The molecule has 2 aromatic heterocycles. The van der Waals surface area contributed by atoms with E-state index in [1.54, 1.807) is 6.07 Å². The molecular weight excluding hydrogens is 226 g/mol. The molecule has 0 spiro atoms. The number of rotatable bonds is 1. The zero-order chi connectivity index (χ0) is 12.9. The molecule has 0 fully saturated rings. The van der Waals surface area contributed by atoms with Crippen LogP contribution in [0.25, 0.3) is 22.2 Å². The van der Waals surface area contributed by atoms with Crippen LogP contribution in [0.5, 0.6) is 0 Å². The Morgan fingerprint density at radius 2 is 2.00 bits per heavy atom. The number of hydrogen-bond acceptors (Lipinski definition) is 3. The van der Waals surface area contributed by atoms with Gasteiger partial charge in [0.1, 0.15) is 0 Å². The standard InChI is InChI=1S/C14H15N3O/c1-8-4-9(2)14-10(5-8)11(7-17(14)3)12-6-13(15)16-18-12/h4-7H,1-3H3,(H2,15,16). The molecule has 0 atom stereocenters. The predicted molar refractivity (Wildman–Crippen MR) is 72.3 cm³/mol. The van der Waals surface area contributed by atoms with Crippen LogP contribution in [0.3, 0.4) is 0 Å². The van der Waals surface area contributed by atoms with Gasteiger partial charge in [0, 0.05) is 30.3 Å². The van der Waals surface area contributed by atoms with Crippen LogP contribution in [0.1, 0.15) is 11.1 Å². The fourth-order valence-corrected chi connectivity index (χ4v) is 2.57. The van der Waals surface area contributed by atoms with E-state index in [4.69, 9.17) is 10.3 Å². The van der Waals surface area contributed by atoms with Crippen molar-refractivity contribution in [3.63, 3.8) is 0 Å². The first-order chi connectivity index (χ1) is 8.56. The first kappa shape index (κ1) is 10.9. The number of nitrogens with two attached hydrogens (primary N) is 1. The number of aryl methyl sites for hydroxylation is 3. The third-order valence-corrected chi connectivity index (χ3v) is 3.20. The quantitative estimate of drug-likeness (QED) is 0.712. The zero-order valence-corrected chi connectivity index (χ0v) is 10.7. The van der Waals surface area contributed by atoms with Crippen molar-refractivity contribution >= 4 is 16.7 Å². The van der Waals surface area contributed by atoms with Gasteiger partial charge in [0.05, 0.1) is 5.52 Å². The lowest BCUT2D eigenvalue weighted by atomic mass is 10.0. The number of nitrogens with zero attached hydrogens (tertiary/aromatic N) is 2. The maximum atomic E-state index is 5.61. The highest BCUT2D eigenvalue weighted by Gasteiger charge is 2.14. The highest BCUT2D eigenvalue weighted by molar-refractivity contribution is 5.97. The Kier molecular flexibility index (Phi) is 2.20. The molecule has 0 amide bonds. The number of nitrogen functional groups attached to an aromatic ring is 1. The Hall–Kier alpha value is -2.23. The van der Waals surface area contributed by atoms with Gasteiger partial charge >= 0.3 is 0 Å². The summed E-state index contributed by atoms with van der Waals surface area (Å²) < 4.78 is 7.37. The van der Waals surface area contributed by atoms with Crippen molar-refractivity contribution in [3.05, 3.63) is 35.5 Å². The highest BCUT2D eigenvalue weighted by Crippen LogP contribution is 2.33. The third kappa shape index (κ3) is 1.49. The molecule has 92 valence electrons. The van der Waals surface area contributed by atoms with Gasteiger partial charge < -0.3 is 14.8 Å². The van der Waals surface area contributed by atoms with Gasteiger partial charge in [-0.1, -0.05) is 16.8 Å². The maximum Gasteiger partial charge on any atom is 0.171 e. The number of hydrogen-bond donors (Lipinski definition) is 1. The van der Waals surface area contributed by atoms with E-state index in [1.165, 1.54) is 22.0 Å². The van der Waals surface area contributed by atoms with Crippen molar-refractivity contribution in [1.82, 2.24) is 9.72 Å². The van der Waals surface area contributed by atoms with Crippen molar-refractivity contribution in [2.45, 2.75) is 13.8 Å². The molecule has 2 heterocycles. The van der Waals surface area contributed by atoms with E-state index < -0.39 is 0 Å². The minimum absolute atomic E-state index is 0.409. The molecule has 1 aromatic carbocycles. The molecule has 2 N–H and O–H groups in total. The zero-order valence-electron chi connectivity index (χ0n) is 10.7. The predicted octanol–water partition coefficient (Wildman–Crippen LogP) is 3.03. The molecule has 0 unspecified atom stereocenters. The van der Waals surface area contributed by atoms with Crippen molar-refractivity contribution in [1.29, 1.82) is 0 Å². The fourth-order valence-electron chi connectivity index (χ4n) is 2.57. The average molecular weight is 241 g/mol. The summed E-state index contributed by atoms with van der Waals surface area (Å²) in [7, 11) is 2.04. The Morgan fingerprint density at radius 3 is 2.67 bits per heavy atom. The molecule has 4 nitrogen and oxygen atoms in total. The summed E-state index contributed by atoms with van der Waals surface area (Å²) in [6.45, 7) is 4.21. The molecule has 0 saturated carbocycles. The van der Waals surface area contributed by atoms with Gasteiger partial charge in [-0.3, -0.25) is 0 Å². The second-order valence-electron chi connectivity index (χ2n) is 4.75. The summed E-state index contributed by atoms with van der Waals surface area (Å²) in [5.41, 5.74) is 10.4. The third-order valence-electron chi connectivity index (χ3n) is 3.20. The smallest absolute Gasteiger partial charge is 0.171 e. The number of aromatic nitrogens is 2. The lowest BCUT2D eigenvalue weighted by molar-refractivity contribution is 0.436. The van der Waals surface area contributed by atoms with Gasteiger partial charge in [0.15, 0.2) is 11.6 Å². The van der Waals surface area contributed by atoms with Crippen molar-refractivity contribution < 1.29 is 4.52 Å². The largest absolute Gasteiger partial charge is 0.381 e. The summed E-state index contributed by atoms with van der Waals surface area (Å²) >= 11 is 0. The Balaban J connectivity index is 2.37. The van der Waals surface area contributed by atoms with Crippen LogP contribution in [0.15, 0.2) is 28.9 Å². The second-order valence-corrected chi connectivity index (χ2v) is 4.75. The molecule has 18 heavy (non-hydrogen) atoms. The summed E-state index contributed by atoms with van der Waals surface area (Å²) in [5.74, 6) is 1.12. The van der Waals surface area contributed by atoms with E-state index in [2.05, 4.69) is 41.9 Å². The second kappa shape index (κ2) is 3.63. The van der Waals surface area contributed by atoms with E-state index >= 15 is 0 Å². The van der Waals surface area contributed by atoms with E-state index in [1.807, 2.05) is 7.05 Å². The average Bonchev–Trinajstić information content (AvgIpc) is 2.83. The van der Waals surface area contributed by atoms with Gasteiger partial charge in [-0.05, 0) is 25.5 Å². The van der Waals surface area contributed by atoms with Gasteiger partial charge in [0.2, 0.25) is 0 Å². The van der Waals surface area contributed by atoms with E-state index in [-0.39, 0.29) is 0 Å². The number of benzene rings is 1. The van der Waals surface area contributed by atoms with Crippen molar-refractivity contribution in [2.75, 3.05) is 5.73 Å². The summed E-state index contributed by atoms with van der Waals surface area (Å²) in [6.07, 6.45) is 2.05. The first-order valence-corrected chi connectivity index (χ1v) is 5.85. The van der Waals surface area contributed by atoms with Crippen LogP contribution < -0.4 is 5.73 Å². The van der Waals surface area contributed by atoms with Crippen LogP contribution in [0, 0.1) is 13.8 Å². The number of anilines is 1. The van der Waals surface area contributed by atoms with Gasteiger partial charge in [-0.2, -0.15) is 0 Å². The minimum atomic E-state index is 0.409. The fraction of sp³-hybridized carbons (Fsp3) is 0.214. The molecule has 0 aliphatic carbocycles. The molecule has 0 bridgehead atoms. The molecular formula is C14H15N3O. The van der Waals surface area contributed by atoms with Crippen LogP contribution in [-0.2, 0) is 7.05 Å². The highest BCUT2D eigenvalue weighted by atomic mass is 16.5. The Bertz CT molecular complexity index is 737. The van der Waals surface area contributed by atoms with E-state index in [9.17, 15) is 0 Å². The maximum absolute atomic E-state index is 5.61. The topological polar surface area (TPSA) is 57.0 Å². The molecule has 0 aliphatic heterocycles. The Labute approximate surface area is 105 Å². The SMILES string of the molecule is Cc1cc(C)c2c(c1)c(-c1cc(N)no1)cn2C. The molecule has 3 rings (SSSR count). The van der Waals surface area contributed by atoms with Crippen LogP contribution in [-0.4, -0.2) is 9.72 Å².